The predicted molar refractivity (Wildman–Crippen MR) is 71.7 cm³/mol. The minimum absolute atomic E-state index is 0.693. The summed E-state index contributed by atoms with van der Waals surface area (Å²) in [6, 6.07) is 0.947. The molecule has 2 aliphatic rings. The number of nitrogens with zero attached hydrogens (tertiary/aromatic N) is 1. The van der Waals surface area contributed by atoms with Gasteiger partial charge in [0.25, 0.3) is 5.56 Å². The van der Waals surface area contributed by atoms with Crippen LogP contribution in [0.5, 0.6) is 0 Å². The van der Waals surface area contributed by atoms with Gasteiger partial charge in [0.15, 0.2) is 18.0 Å². The molecule has 5 atom stereocenters. The molecule has 3 rings (SSSR count). The molecule has 0 amide bonds. The van der Waals surface area contributed by atoms with Gasteiger partial charge in [-0.05, 0) is 0 Å². The van der Waals surface area contributed by atoms with Crippen LogP contribution in [0.25, 0.3) is 0 Å². The number of rotatable bonds is 4. The lowest BCUT2D eigenvalue weighted by molar-refractivity contribution is -0.0770. The molecule has 13 heteroatoms. The van der Waals surface area contributed by atoms with Gasteiger partial charge in [-0.25, -0.2) is 13.8 Å². The molecule has 0 aromatic carbocycles. The Morgan fingerprint density at radius 2 is 2.17 bits per heavy atom. The summed E-state index contributed by atoms with van der Waals surface area (Å²) in [6.45, 7) is -0.878. The molecule has 1 saturated heterocycles. The van der Waals surface area contributed by atoms with E-state index in [1.165, 1.54) is 0 Å². The van der Waals surface area contributed by atoms with E-state index in [1.54, 1.807) is 0 Å². The lowest BCUT2D eigenvalue weighted by Gasteiger charge is -2.22. The first-order chi connectivity index (χ1) is 10.5. The van der Waals surface area contributed by atoms with Crippen LogP contribution in [-0.4, -0.2) is 53.8 Å². The Bertz CT molecular complexity index is 809. The first kappa shape index (κ1) is 16.8. The highest BCUT2D eigenvalue weighted by atomic mass is 35.5. The number of fused-ring (bicyclic) bond motifs is 1. The van der Waals surface area contributed by atoms with Crippen LogP contribution in [-0.2, 0) is 13.8 Å². The van der Waals surface area contributed by atoms with Crippen molar-refractivity contribution in [3.05, 3.63) is 33.1 Å². The number of hydrogen-bond acceptors (Lipinski definition) is 6. The second-order valence-corrected chi connectivity index (χ2v) is 6.94. The van der Waals surface area contributed by atoms with Gasteiger partial charge < -0.3 is 19.6 Å². The Kier molecular flexibility index (Phi) is 3.62. The summed E-state index contributed by atoms with van der Waals surface area (Å²) in [5.41, 5.74) is -5.90. The van der Waals surface area contributed by atoms with Crippen molar-refractivity contribution in [1.82, 2.24) is 9.55 Å². The van der Waals surface area contributed by atoms with Crippen molar-refractivity contribution < 1.29 is 33.1 Å². The number of aromatic nitrogens is 2. The zero-order valence-electron chi connectivity index (χ0n) is 11.1. The number of ether oxygens (including phenoxy) is 1. The van der Waals surface area contributed by atoms with Gasteiger partial charge in [0, 0.05) is 12.3 Å². The minimum atomic E-state index is -4.91. The van der Waals surface area contributed by atoms with Crippen molar-refractivity contribution in [3.63, 3.8) is 0 Å². The molecule has 0 radical (unpaired) electrons. The van der Waals surface area contributed by atoms with Crippen LogP contribution < -0.4 is 11.2 Å². The van der Waals surface area contributed by atoms with Crippen LogP contribution in [0.3, 0.4) is 0 Å². The number of hydrogen-bond donors (Lipinski definition) is 4. The SMILES string of the molecule is O=c1ccn([C@@H]2O[C@@]3(COP(=O)(O)O)C(Cl)[C@]3(O)[C@H]2F)c(=O)[nH]1. The molecule has 1 aliphatic heterocycles. The molecule has 1 aromatic rings. The Labute approximate surface area is 131 Å². The first-order valence-electron chi connectivity index (χ1n) is 6.23. The molecule has 0 bridgehead atoms. The second kappa shape index (κ2) is 4.96. The van der Waals surface area contributed by atoms with Crippen LogP contribution in [0.2, 0.25) is 0 Å². The highest BCUT2D eigenvalue weighted by Crippen LogP contribution is 2.66. The van der Waals surface area contributed by atoms with Crippen molar-refractivity contribution in [3.8, 4) is 0 Å². The number of H-pyrrole nitrogens is 1. The fourth-order valence-electron chi connectivity index (χ4n) is 2.72. The molecule has 10 nitrogen and oxygen atoms in total. The summed E-state index contributed by atoms with van der Waals surface area (Å²) in [5, 5.41) is 8.95. The Hall–Kier alpha value is -1.07. The molecule has 1 unspecified atom stereocenters. The largest absolute Gasteiger partial charge is 0.469 e. The van der Waals surface area contributed by atoms with Gasteiger partial charge in [0.05, 0.1) is 6.61 Å². The van der Waals surface area contributed by atoms with Crippen molar-refractivity contribution >= 4 is 19.4 Å². The molecular formula is C10H11ClFN2O8P. The molecule has 128 valence electrons. The summed E-state index contributed by atoms with van der Waals surface area (Å²) >= 11 is 5.80. The number of halogens is 2. The maximum atomic E-state index is 14.5. The van der Waals surface area contributed by atoms with Crippen LogP contribution >= 0.6 is 19.4 Å². The van der Waals surface area contributed by atoms with E-state index in [0.29, 0.717) is 4.57 Å². The van der Waals surface area contributed by atoms with Crippen LogP contribution in [0.4, 0.5) is 4.39 Å². The van der Waals surface area contributed by atoms with Crippen molar-refractivity contribution in [2.24, 2.45) is 0 Å². The predicted octanol–water partition coefficient (Wildman–Crippen LogP) is -1.40. The summed E-state index contributed by atoms with van der Waals surface area (Å²) < 4.78 is 35.5. The molecular weight excluding hydrogens is 362 g/mol. The van der Waals surface area contributed by atoms with E-state index in [4.69, 9.17) is 26.1 Å². The highest BCUT2D eigenvalue weighted by Gasteiger charge is 2.88. The first-order valence-corrected chi connectivity index (χ1v) is 8.19. The highest BCUT2D eigenvalue weighted by molar-refractivity contribution is 7.46. The number of alkyl halides is 2. The van der Waals surface area contributed by atoms with Gasteiger partial charge in [0.2, 0.25) is 0 Å². The van der Waals surface area contributed by atoms with Gasteiger partial charge in [-0.1, -0.05) is 0 Å². The van der Waals surface area contributed by atoms with Gasteiger partial charge in [0.1, 0.15) is 11.0 Å². The van der Waals surface area contributed by atoms with Crippen molar-refractivity contribution in [2.45, 2.75) is 29.0 Å². The fraction of sp³-hybridized carbons (Fsp3) is 0.600. The fourth-order valence-corrected chi connectivity index (χ4v) is 3.61. The van der Waals surface area contributed by atoms with Gasteiger partial charge >= 0.3 is 13.5 Å². The van der Waals surface area contributed by atoms with E-state index in [-0.39, 0.29) is 0 Å². The molecule has 4 N–H and O–H groups in total. The maximum Gasteiger partial charge on any atom is 0.469 e. The van der Waals surface area contributed by atoms with Crippen LogP contribution in [0.1, 0.15) is 6.23 Å². The summed E-state index contributed by atoms with van der Waals surface area (Å²) in [5.74, 6) is 0. The third-order valence-corrected chi connectivity index (χ3v) is 5.12. The zero-order chi connectivity index (χ0) is 17.2. The quantitative estimate of drug-likeness (QED) is 0.372. The Morgan fingerprint density at radius 1 is 1.52 bits per heavy atom. The summed E-state index contributed by atoms with van der Waals surface area (Å²) in [4.78, 5) is 42.1. The van der Waals surface area contributed by atoms with Gasteiger partial charge in [-0.3, -0.25) is 18.9 Å². The van der Waals surface area contributed by atoms with E-state index in [9.17, 15) is 23.7 Å². The van der Waals surface area contributed by atoms with E-state index in [1.807, 2.05) is 4.98 Å². The standard InChI is InChI=1S/C10H11ClFN2O8P/c11-7-9(3-21-23(18,19)20)10(7,17)5(12)6(22-9)14-2-1-4(15)13-8(14)16/h1-2,5-7,17H,3H2,(H,13,15,16)(H2,18,19,20)/t5-,6+,7?,9-,10+/m0/s1. The number of phosphoric ester groups is 1. The van der Waals surface area contributed by atoms with E-state index in [2.05, 4.69) is 4.52 Å². The number of aromatic amines is 1. The average Bonchev–Trinajstić information content (AvgIpc) is 2.79. The number of phosphoric acid groups is 1. The number of nitrogens with one attached hydrogen (secondary N) is 1. The second-order valence-electron chi connectivity index (χ2n) is 5.27. The lowest BCUT2D eigenvalue weighted by atomic mass is 10.1. The van der Waals surface area contributed by atoms with Crippen LogP contribution in [0.15, 0.2) is 21.9 Å². The van der Waals surface area contributed by atoms with Gasteiger partial charge in [-0.15, -0.1) is 11.6 Å². The molecule has 1 aliphatic carbocycles. The molecule has 23 heavy (non-hydrogen) atoms. The summed E-state index contributed by atoms with van der Waals surface area (Å²) in [7, 11) is -4.91. The maximum absolute atomic E-state index is 14.5. The van der Waals surface area contributed by atoms with Crippen molar-refractivity contribution in [2.75, 3.05) is 6.61 Å². The van der Waals surface area contributed by atoms with E-state index >= 15 is 0 Å². The normalized spacial score (nSPS) is 39.3. The Morgan fingerprint density at radius 3 is 2.74 bits per heavy atom. The molecule has 0 spiro atoms. The smallest absolute Gasteiger partial charge is 0.382 e. The third kappa shape index (κ3) is 2.31. The molecule has 2 fully saturated rings. The van der Waals surface area contributed by atoms with E-state index < -0.39 is 54.7 Å². The summed E-state index contributed by atoms with van der Waals surface area (Å²) in [6.07, 6.45) is -2.86. The Balaban J connectivity index is 1.92. The zero-order valence-corrected chi connectivity index (χ0v) is 12.8. The average molecular weight is 373 g/mol. The number of aliphatic hydroxyl groups is 1. The lowest BCUT2D eigenvalue weighted by Crippen LogP contribution is -2.39. The third-order valence-electron chi connectivity index (χ3n) is 3.96. The molecule has 1 saturated carbocycles. The van der Waals surface area contributed by atoms with Crippen molar-refractivity contribution in [1.29, 1.82) is 0 Å². The monoisotopic (exact) mass is 372 g/mol. The molecule has 2 heterocycles. The van der Waals surface area contributed by atoms with Crippen LogP contribution in [0, 0.1) is 0 Å². The topological polar surface area (TPSA) is 151 Å². The van der Waals surface area contributed by atoms with E-state index in [0.717, 1.165) is 12.3 Å². The molecule has 1 aromatic heterocycles. The van der Waals surface area contributed by atoms with Gasteiger partial charge in [-0.2, -0.15) is 0 Å². The minimum Gasteiger partial charge on any atom is -0.382 e.